The SMILES string of the molecule is NS(=O)(=O)C1CN(c2ncnc3sc4c(c23)CCCC4)C1. The van der Waals surface area contributed by atoms with Crippen LogP contribution < -0.4 is 10.0 Å². The molecule has 0 unspecified atom stereocenters. The molecule has 2 N–H and O–H groups in total. The molecule has 2 aromatic rings. The smallest absolute Gasteiger partial charge is 0.215 e. The predicted molar refractivity (Wildman–Crippen MR) is 83.2 cm³/mol. The second-order valence-electron chi connectivity index (χ2n) is 5.70. The summed E-state index contributed by atoms with van der Waals surface area (Å²) in [6.45, 7) is 0.852. The molecule has 0 aromatic carbocycles. The highest BCUT2D eigenvalue weighted by Gasteiger charge is 2.37. The molecule has 1 aliphatic carbocycles. The summed E-state index contributed by atoms with van der Waals surface area (Å²) in [5.41, 5.74) is 1.37. The summed E-state index contributed by atoms with van der Waals surface area (Å²) in [6, 6.07) is 0. The minimum absolute atomic E-state index is 0.426. The minimum atomic E-state index is -3.45. The van der Waals surface area contributed by atoms with Crippen molar-refractivity contribution in [1.29, 1.82) is 0 Å². The molecule has 3 heterocycles. The van der Waals surface area contributed by atoms with Crippen LogP contribution in [0.5, 0.6) is 0 Å². The van der Waals surface area contributed by atoms with Crippen LogP contribution in [0.4, 0.5) is 5.82 Å². The molecule has 0 amide bonds. The maximum Gasteiger partial charge on any atom is 0.215 e. The molecule has 1 fully saturated rings. The number of thiophene rings is 1. The van der Waals surface area contributed by atoms with Crippen LogP contribution in [0.1, 0.15) is 23.3 Å². The quantitative estimate of drug-likeness (QED) is 0.892. The van der Waals surface area contributed by atoms with E-state index in [2.05, 4.69) is 9.97 Å². The Morgan fingerprint density at radius 1 is 1.24 bits per heavy atom. The van der Waals surface area contributed by atoms with Crippen molar-refractivity contribution in [1.82, 2.24) is 9.97 Å². The van der Waals surface area contributed by atoms with Crippen molar-refractivity contribution in [3.63, 3.8) is 0 Å². The van der Waals surface area contributed by atoms with E-state index in [-0.39, 0.29) is 0 Å². The third kappa shape index (κ3) is 2.13. The topological polar surface area (TPSA) is 89.2 Å². The molecule has 0 saturated carbocycles. The predicted octanol–water partition coefficient (Wildman–Crippen LogP) is 1.05. The van der Waals surface area contributed by atoms with Crippen molar-refractivity contribution in [3.8, 4) is 0 Å². The van der Waals surface area contributed by atoms with E-state index >= 15 is 0 Å². The summed E-state index contributed by atoms with van der Waals surface area (Å²) in [4.78, 5) is 13.2. The van der Waals surface area contributed by atoms with Crippen LogP contribution in [0.3, 0.4) is 0 Å². The summed E-state index contributed by atoms with van der Waals surface area (Å²) in [6.07, 6.45) is 6.20. The van der Waals surface area contributed by atoms with Gasteiger partial charge < -0.3 is 4.90 Å². The standard InChI is InChI=1S/C13H16N4O2S2/c14-21(18,19)8-5-17(6-8)12-11-9-3-1-2-4-10(9)20-13(11)16-7-15-12/h7-8H,1-6H2,(H2,14,18,19). The van der Waals surface area contributed by atoms with Gasteiger partial charge in [0.25, 0.3) is 0 Å². The molecule has 0 bridgehead atoms. The lowest BCUT2D eigenvalue weighted by Gasteiger charge is -2.38. The Hall–Kier alpha value is -1.25. The number of aryl methyl sites for hydroxylation is 2. The lowest BCUT2D eigenvalue weighted by Crippen LogP contribution is -2.57. The van der Waals surface area contributed by atoms with Crippen LogP contribution in [0.25, 0.3) is 10.2 Å². The van der Waals surface area contributed by atoms with E-state index in [9.17, 15) is 8.42 Å². The number of sulfonamides is 1. The highest BCUT2D eigenvalue weighted by atomic mass is 32.2. The lowest BCUT2D eigenvalue weighted by molar-refractivity contribution is 0.541. The molecule has 112 valence electrons. The third-order valence-corrected chi connectivity index (χ3v) is 6.77. The van der Waals surface area contributed by atoms with Crippen molar-refractivity contribution in [2.45, 2.75) is 30.9 Å². The fraction of sp³-hybridized carbons (Fsp3) is 0.538. The fourth-order valence-electron chi connectivity index (χ4n) is 3.13. The van der Waals surface area contributed by atoms with Gasteiger partial charge in [-0.1, -0.05) is 0 Å². The number of primary sulfonamides is 1. The Morgan fingerprint density at radius 2 is 2.00 bits per heavy atom. The van der Waals surface area contributed by atoms with Gasteiger partial charge in [-0.2, -0.15) is 0 Å². The zero-order valence-electron chi connectivity index (χ0n) is 11.4. The number of hydrogen-bond donors (Lipinski definition) is 1. The van der Waals surface area contributed by atoms with Crippen molar-refractivity contribution in [3.05, 3.63) is 16.8 Å². The lowest BCUT2D eigenvalue weighted by atomic mass is 9.96. The molecule has 2 aliphatic rings. The van der Waals surface area contributed by atoms with E-state index in [1.54, 1.807) is 17.7 Å². The van der Waals surface area contributed by atoms with Gasteiger partial charge in [-0.25, -0.2) is 23.5 Å². The maximum absolute atomic E-state index is 11.4. The van der Waals surface area contributed by atoms with Crippen LogP contribution in [-0.4, -0.2) is 36.7 Å². The minimum Gasteiger partial charge on any atom is -0.353 e. The molecule has 0 radical (unpaired) electrons. The van der Waals surface area contributed by atoms with Gasteiger partial charge in [-0.3, -0.25) is 0 Å². The number of nitrogens with two attached hydrogens (primary N) is 1. The average molecular weight is 324 g/mol. The van der Waals surface area contributed by atoms with E-state index in [1.165, 1.54) is 23.3 Å². The molecular weight excluding hydrogens is 308 g/mol. The maximum atomic E-state index is 11.4. The molecule has 8 heteroatoms. The van der Waals surface area contributed by atoms with E-state index in [0.717, 1.165) is 28.9 Å². The third-order valence-electron chi connectivity index (χ3n) is 4.34. The van der Waals surface area contributed by atoms with Crippen molar-refractivity contribution in [2.24, 2.45) is 5.14 Å². The Bertz CT molecular complexity index is 809. The Balaban J connectivity index is 1.75. The summed E-state index contributed by atoms with van der Waals surface area (Å²) in [7, 11) is -3.45. The molecule has 0 spiro atoms. The van der Waals surface area contributed by atoms with Gasteiger partial charge >= 0.3 is 0 Å². The van der Waals surface area contributed by atoms with Crippen LogP contribution in [0.2, 0.25) is 0 Å². The first-order valence-electron chi connectivity index (χ1n) is 7.06. The van der Waals surface area contributed by atoms with Crippen molar-refractivity contribution < 1.29 is 8.42 Å². The van der Waals surface area contributed by atoms with Crippen molar-refractivity contribution in [2.75, 3.05) is 18.0 Å². The number of fused-ring (bicyclic) bond motifs is 3. The highest BCUT2D eigenvalue weighted by molar-refractivity contribution is 7.89. The average Bonchev–Trinajstić information content (AvgIpc) is 2.74. The van der Waals surface area contributed by atoms with Gasteiger partial charge in [0, 0.05) is 18.0 Å². The first kappa shape index (κ1) is 13.4. The molecule has 21 heavy (non-hydrogen) atoms. The van der Waals surface area contributed by atoms with Gasteiger partial charge in [0.1, 0.15) is 22.2 Å². The number of rotatable bonds is 2. The van der Waals surface area contributed by atoms with E-state index in [0.29, 0.717) is 13.1 Å². The molecule has 4 rings (SSSR count). The van der Waals surface area contributed by atoms with Crippen LogP contribution >= 0.6 is 11.3 Å². The van der Waals surface area contributed by atoms with Crippen LogP contribution in [-0.2, 0) is 22.9 Å². The van der Waals surface area contributed by atoms with E-state index < -0.39 is 15.3 Å². The molecule has 0 atom stereocenters. The largest absolute Gasteiger partial charge is 0.353 e. The second-order valence-corrected chi connectivity index (χ2v) is 8.63. The van der Waals surface area contributed by atoms with Crippen LogP contribution in [0.15, 0.2) is 6.33 Å². The Morgan fingerprint density at radius 3 is 2.76 bits per heavy atom. The normalized spacial score (nSPS) is 19.6. The van der Waals surface area contributed by atoms with Gasteiger partial charge in [0.2, 0.25) is 10.0 Å². The highest BCUT2D eigenvalue weighted by Crippen LogP contribution is 2.40. The zero-order chi connectivity index (χ0) is 14.6. The van der Waals surface area contributed by atoms with Gasteiger partial charge in [-0.15, -0.1) is 11.3 Å². The second kappa shape index (κ2) is 4.62. The summed E-state index contributed by atoms with van der Waals surface area (Å²) in [5.74, 6) is 0.874. The van der Waals surface area contributed by atoms with Crippen molar-refractivity contribution >= 4 is 37.4 Å². The molecular formula is C13H16N4O2S2. The van der Waals surface area contributed by atoms with Gasteiger partial charge in [0.05, 0.1) is 5.39 Å². The fourth-order valence-corrected chi connectivity index (χ4v) is 5.13. The monoisotopic (exact) mass is 324 g/mol. The summed E-state index contributed by atoms with van der Waals surface area (Å²) >= 11 is 1.75. The van der Waals surface area contributed by atoms with Gasteiger partial charge in [-0.05, 0) is 31.2 Å². The molecule has 2 aromatic heterocycles. The summed E-state index contributed by atoms with van der Waals surface area (Å²) < 4.78 is 22.7. The number of aromatic nitrogens is 2. The van der Waals surface area contributed by atoms with E-state index in [1.807, 2.05) is 4.90 Å². The number of hydrogen-bond acceptors (Lipinski definition) is 6. The molecule has 1 aliphatic heterocycles. The van der Waals surface area contributed by atoms with Gasteiger partial charge in [0.15, 0.2) is 0 Å². The molecule has 6 nitrogen and oxygen atoms in total. The van der Waals surface area contributed by atoms with E-state index in [4.69, 9.17) is 5.14 Å². The number of nitrogens with zero attached hydrogens (tertiary/aromatic N) is 3. The number of anilines is 1. The Kier molecular flexibility index (Phi) is 2.95. The van der Waals surface area contributed by atoms with Crippen LogP contribution in [0, 0.1) is 0 Å². The molecule has 1 saturated heterocycles. The zero-order valence-corrected chi connectivity index (χ0v) is 13.1. The first-order chi connectivity index (χ1) is 10.0. The Labute approximate surface area is 127 Å². The summed E-state index contributed by atoms with van der Waals surface area (Å²) in [5, 5.41) is 5.85. The first-order valence-corrected chi connectivity index (χ1v) is 9.48.